The third-order valence-corrected chi connectivity index (χ3v) is 8.52. The Morgan fingerprint density at radius 3 is 2.46 bits per heavy atom. The summed E-state index contributed by atoms with van der Waals surface area (Å²) < 4.78 is 29.4. The number of sulfonamides is 1. The van der Waals surface area contributed by atoms with Gasteiger partial charge in [-0.15, -0.1) is 0 Å². The lowest BCUT2D eigenvalue weighted by atomic mass is 9.91. The zero-order valence-electron chi connectivity index (χ0n) is 20.8. The molecule has 11 heteroatoms. The zero-order chi connectivity index (χ0) is 27.4. The molecule has 198 valence electrons. The first-order chi connectivity index (χ1) is 18.8. The first-order valence-corrected chi connectivity index (χ1v) is 13.8. The smallest absolute Gasteiger partial charge is 0.289 e. The molecular formula is C28H25N5O5S. The fourth-order valence-electron chi connectivity index (χ4n) is 4.75. The van der Waals surface area contributed by atoms with Crippen LogP contribution in [-0.4, -0.2) is 33.5 Å². The van der Waals surface area contributed by atoms with E-state index in [4.69, 9.17) is 0 Å². The van der Waals surface area contributed by atoms with Gasteiger partial charge in [-0.2, -0.15) is 4.31 Å². The van der Waals surface area contributed by atoms with Crippen molar-refractivity contribution in [2.75, 3.05) is 5.32 Å². The number of aromatic nitrogens is 2. The highest BCUT2D eigenvalue weighted by molar-refractivity contribution is 7.89. The van der Waals surface area contributed by atoms with Gasteiger partial charge >= 0.3 is 0 Å². The topological polar surface area (TPSA) is 135 Å². The van der Waals surface area contributed by atoms with E-state index in [1.54, 1.807) is 54.9 Å². The van der Waals surface area contributed by atoms with Crippen LogP contribution in [0.1, 0.15) is 46.1 Å². The minimum atomic E-state index is -4.32. The zero-order valence-corrected chi connectivity index (χ0v) is 21.6. The summed E-state index contributed by atoms with van der Waals surface area (Å²) in [6.45, 7) is -0.0583. The average molecular weight is 544 g/mol. The minimum absolute atomic E-state index is 0.0583. The predicted octanol–water partition coefficient (Wildman–Crippen LogP) is 4.91. The highest BCUT2D eigenvalue weighted by Crippen LogP contribution is 2.39. The molecule has 10 nitrogen and oxygen atoms in total. The van der Waals surface area contributed by atoms with Gasteiger partial charge in [0.1, 0.15) is 5.82 Å². The molecule has 1 aliphatic rings. The quantitative estimate of drug-likeness (QED) is 0.246. The Morgan fingerprint density at radius 2 is 1.72 bits per heavy atom. The standard InChI is InChI=1S/C28H25N5O5S/c34-28(31-26-12-3-4-17-29-26)22-15-13-20(14-16-22)19-32(24-10-5-7-21-8-6-18-30-27(21)24)39(37,38)25-11-2-1-9-23(25)33(35)36/h1-4,6,8-9,11-18,24H,5,7,10,19H2,(H,29,31,34). The maximum atomic E-state index is 14.1. The molecule has 4 aromatic rings. The largest absolute Gasteiger partial charge is 0.307 e. The second-order valence-electron chi connectivity index (χ2n) is 9.10. The highest BCUT2D eigenvalue weighted by Gasteiger charge is 2.39. The number of nitro groups is 1. The van der Waals surface area contributed by atoms with E-state index in [0.717, 1.165) is 18.4 Å². The number of rotatable bonds is 8. The third kappa shape index (κ3) is 5.54. The van der Waals surface area contributed by atoms with Crippen LogP contribution >= 0.6 is 0 Å². The number of nitrogens with one attached hydrogen (secondary N) is 1. The number of para-hydroxylation sites is 1. The van der Waals surface area contributed by atoms with Gasteiger partial charge in [0, 0.05) is 30.6 Å². The second-order valence-corrected chi connectivity index (χ2v) is 11.0. The van der Waals surface area contributed by atoms with Crippen LogP contribution in [0.3, 0.4) is 0 Å². The molecule has 1 aliphatic carbocycles. The molecule has 2 heterocycles. The Labute approximate surface area is 225 Å². The molecule has 0 aliphatic heterocycles. The molecule has 39 heavy (non-hydrogen) atoms. The van der Waals surface area contributed by atoms with Crippen molar-refractivity contribution in [1.82, 2.24) is 14.3 Å². The summed E-state index contributed by atoms with van der Waals surface area (Å²) in [6.07, 6.45) is 5.25. The van der Waals surface area contributed by atoms with E-state index in [-0.39, 0.29) is 17.3 Å². The van der Waals surface area contributed by atoms with E-state index in [2.05, 4.69) is 15.3 Å². The van der Waals surface area contributed by atoms with Crippen molar-refractivity contribution in [3.05, 3.63) is 124 Å². The summed E-state index contributed by atoms with van der Waals surface area (Å²) >= 11 is 0. The van der Waals surface area contributed by atoms with Crippen LogP contribution in [0.4, 0.5) is 11.5 Å². The number of carbonyl (C=O) groups is 1. The average Bonchev–Trinajstić information content (AvgIpc) is 2.96. The van der Waals surface area contributed by atoms with E-state index in [0.29, 0.717) is 29.1 Å². The second kappa shape index (κ2) is 11.1. The van der Waals surface area contributed by atoms with E-state index >= 15 is 0 Å². The molecule has 0 spiro atoms. The van der Waals surface area contributed by atoms with Crippen molar-refractivity contribution in [2.24, 2.45) is 0 Å². The lowest BCUT2D eigenvalue weighted by Crippen LogP contribution is -2.37. The molecule has 0 fully saturated rings. The number of hydrogen-bond acceptors (Lipinski definition) is 7. The van der Waals surface area contributed by atoms with Crippen molar-refractivity contribution in [2.45, 2.75) is 36.7 Å². The van der Waals surface area contributed by atoms with Crippen LogP contribution in [0.5, 0.6) is 0 Å². The van der Waals surface area contributed by atoms with Gasteiger partial charge in [0.2, 0.25) is 0 Å². The summed E-state index contributed by atoms with van der Waals surface area (Å²) in [5.74, 6) is 0.0619. The van der Waals surface area contributed by atoms with Crippen molar-refractivity contribution < 1.29 is 18.1 Å². The number of benzene rings is 2. The van der Waals surface area contributed by atoms with Crippen molar-refractivity contribution in [3.8, 4) is 0 Å². The van der Waals surface area contributed by atoms with Crippen LogP contribution in [0.15, 0.2) is 96.2 Å². The van der Waals surface area contributed by atoms with Crippen molar-refractivity contribution >= 4 is 27.4 Å². The van der Waals surface area contributed by atoms with Gasteiger partial charge in [0.05, 0.1) is 16.7 Å². The molecule has 1 unspecified atom stereocenters. The molecule has 0 radical (unpaired) electrons. The Bertz CT molecular complexity index is 1610. The lowest BCUT2D eigenvalue weighted by Gasteiger charge is -2.34. The number of pyridine rings is 2. The summed E-state index contributed by atoms with van der Waals surface area (Å²) in [5.41, 5.74) is 2.12. The van der Waals surface area contributed by atoms with E-state index < -0.39 is 26.7 Å². The van der Waals surface area contributed by atoms with Gasteiger partial charge < -0.3 is 5.32 Å². The van der Waals surface area contributed by atoms with Crippen molar-refractivity contribution in [3.63, 3.8) is 0 Å². The molecule has 0 saturated heterocycles. The molecule has 0 saturated carbocycles. The summed E-state index contributed by atoms with van der Waals surface area (Å²) in [6, 6.07) is 20.2. The molecule has 0 bridgehead atoms. The van der Waals surface area contributed by atoms with Gasteiger partial charge in [-0.3, -0.25) is 19.9 Å². The van der Waals surface area contributed by atoms with Gasteiger partial charge in [0.15, 0.2) is 4.90 Å². The number of aryl methyl sites for hydroxylation is 1. The number of anilines is 1. The fraction of sp³-hybridized carbons (Fsp3) is 0.179. The normalized spacial score (nSPS) is 14.9. The Balaban J connectivity index is 1.50. The maximum absolute atomic E-state index is 14.1. The number of nitrogens with zero attached hydrogens (tertiary/aromatic N) is 4. The Kier molecular flexibility index (Phi) is 7.44. The van der Waals surface area contributed by atoms with E-state index in [1.807, 2.05) is 12.1 Å². The summed E-state index contributed by atoms with van der Waals surface area (Å²) in [5, 5.41) is 14.4. The monoisotopic (exact) mass is 543 g/mol. The Hall–Kier alpha value is -4.48. The first-order valence-electron chi connectivity index (χ1n) is 12.3. The minimum Gasteiger partial charge on any atom is -0.307 e. The Morgan fingerprint density at radius 1 is 0.974 bits per heavy atom. The van der Waals surface area contributed by atoms with Crippen LogP contribution < -0.4 is 5.32 Å². The maximum Gasteiger partial charge on any atom is 0.289 e. The van der Waals surface area contributed by atoms with Crippen LogP contribution in [0.2, 0.25) is 0 Å². The predicted molar refractivity (Wildman–Crippen MR) is 144 cm³/mol. The SMILES string of the molecule is O=C(Nc1ccccn1)c1ccc(CN(C2CCCc3cccnc32)S(=O)(=O)c2ccccc2[N+](=O)[O-])cc1. The number of hydrogen-bond donors (Lipinski definition) is 1. The first kappa shape index (κ1) is 26.1. The van der Waals surface area contributed by atoms with Gasteiger partial charge in [-0.1, -0.05) is 36.4 Å². The molecule has 1 atom stereocenters. The third-order valence-electron chi connectivity index (χ3n) is 6.62. The molecule has 1 amide bonds. The molecule has 2 aromatic carbocycles. The van der Waals surface area contributed by atoms with Gasteiger partial charge in [0.25, 0.3) is 21.6 Å². The number of nitro benzene ring substituents is 1. The number of amides is 1. The molecule has 1 N–H and O–H groups in total. The van der Waals surface area contributed by atoms with Gasteiger partial charge in [-0.05, 0) is 66.8 Å². The highest BCUT2D eigenvalue weighted by atomic mass is 32.2. The molecule has 2 aromatic heterocycles. The van der Waals surface area contributed by atoms with E-state index in [9.17, 15) is 23.3 Å². The van der Waals surface area contributed by atoms with Crippen LogP contribution in [-0.2, 0) is 23.0 Å². The molecule has 5 rings (SSSR count). The van der Waals surface area contributed by atoms with Gasteiger partial charge in [-0.25, -0.2) is 13.4 Å². The number of fused-ring (bicyclic) bond motifs is 1. The van der Waals surface area contributed by atoms with E-state index in [1.165, 1.54) is 28.6 Å². The fourth-order valence-corrected chi connectivity index (χ4v) is 6.52. The van der Waals surface area contributed by atoms with Crippen molar-refractivity contribution in [1.29, 1.82) is 0 Å². The van der Waals surface area contributed by atoms with Crippen LogP contribution in [0, 0.1) is 10.1 Å². The molecular weight excluding hydrogens is 518 g/mol. The van der Waals surface area contributed by atoms with Crippen LogP contribution in [0.25, 0.3) is 0 Å². The summed E-state index contributed by atoms with van der Waals surface area (Å²) in [7, 11) is -4.32. The number of carbonyl (C=O) groups excluding carboxylic acids is 1. The summed E-state index contributed by atoms with van der Waals surface area (Å²) in [4.78, 5) is 31.9. The lowest BCUT2D eigenvalue weighted by molar-refractivity contribution is -0.387.